The van der Waals surface area contributed by atoms with Crippen LogP contribution in [0.15, 0.2) is 48.1 Å². The summed E-state index contributed by atoms with van der Waals surface area (Å²) in [6.45, 7) is 29.6. The molecule has 0 radical (unpaired) electrons. The number of hydrogen-bond donors (Lipinski definition) is 0. The predicted octanol–water partition coefficient (Wildman–Crippen LogP) is 29.5. The third-order valence-electron chi connectivity index (χ3n) is 19.8. The van der Waals surface area contributed by atoms with Gasteiger partial charge < -0.3 is 0 Å². The van der Waals surface area contributed by atoms with Gasteiger partial charge >= 0.3 is 0 Å². The van der Waals surface area contributed by atoms with Gasteiger partial charge in [-0.1, -0.05) is 375 Å². The van der Waals surface area contributed by atoms with Crippen LogP contribution in [0, 0.1) is 40.4 Å². The lowest BCUT2D eigenvalue weighted by Gasteiger charge is -2.59. The van der Waals surface area contributed by atoms with Crippen LogP contribution in [-0.4, -0.2) is 0 Å². The fourth-order valence-corrected chi connectivity index (χ4v) is 15.2. The number of allylic oxidation sites excluding steroid dienone is 8. The second-order valence-corrected chi connectivity index (χ2v) is 27.2. The lowest BCUT2D eigenvalue weighted by atomic mass is 9.45. The van der Waals surface area contributed by atoms with Crippen LogP contribution in [0.25, 0.3) is 0 Å². The van der Waals surface area contributed by atoms with Gasteiger partial charge in [-0.15, -0.1) is 0 Å². The summed E-state index contributed by atoms with van der Waals surface area (Å²) in [6, 6.07) is 0. The first-order valence-corrected chi connectivity index (χ1v) is 37.9. The highest BCUT2D eigenvalue weighted by atomic mass is 14.6. The van der Waals surface area contributed by atoms with Crippen LogP contribution in [-0.2, 0) is 0 Å². The van der Waals surface area contributed by atoms with E-state index >= 15 is 0 Å². The van der Waals surface area contributed by atoms with Gasteiger partial charge in [0.05, 0.1) is 0 Å². The Labute approximate surface area is 509 Å². The minimum absolute atomic E-state index is 0.0289. The minimum Gasteiger partial charge on any atom is -0.0885 e. The molecule has 7 unspecified atom stereocenters. The normalized spacial score (nSPS) is 16.0. The van der Waals surface area contributed by atoms with Crippen molar-refractivity contribution in [3.05, 3.63) is 48.1 Å². The molecule has 0 fully saturated rings. The van der Waals surface area contributed by atoms with Crippen LogP contribution >= 0.6 is 0 Å². The Bertz CT molecular complexity index is 1360. The zero-order valence-corrected chi connectivity index (χ0v) is 57.9. The Hall–Kier alpha value is -1.04. The molecule has 0 amide bonds. The van der Waals surface area contributed by atoms with E-state index < -0.39 is 0 Å². The minimum atomic E-state index is 0.0289. The molecule has 0 aromatic carbocycles. The lowest BCUT2D eigenvalue weighted by molar-refractivity contribution is -0.0271. The van der Waals surface area contributed by atoms with Crippen molar-refractivity contribution in [1.29, 1.82) is 0 Å². The molecule has 0 aliphatic heterocycles. The van der Waals surface area contributed by atoms with Crippen LogP contribution in [0.4, 0.5) is 0 Å². The van der Waals surface area contributed by atoms with Crippen LogP contribution in [0.3, 0.4) is 0 Å². The molecule has 0 heteroatoms. The maximum Gasteiger partial charge on any atom is 0.0156 e. The second-order valence-electron chi connectivity index (χ2n) is 27.2. The Morgan fingerprint density at radius 2 is 0.650 bits per heavy atom. The molecule has 0 N–H and O–H groups in total. The topological polar surface area (TPSA) is 0 Å². The van der Waals surface area contributed by atoms with Crippen molar-refractivity contribution in [1.82, 2.24) is 0 Å². The van der Waals surface area contributed by atoms with Crippen LogP contribution in [0.2, 0.25) is 0 Å². The van der Waals surface area contributed by atoms with E-state index in [4.69, 9.17) is 0 Å². The van der Waals surface area contributed by atoms with E-state index in [9.17, 15) is 0 Å². The maximum absolute atomic E-state index is 3.18. The van der Waals surface area contributed by atoms with Crippen LogP contribution in [0.1, 0.15) is 423 Å². The fraction of sp³-hybridized carbons (Fsp3) is 0.900. The third-order valence-corrected chi connectivity index (χ3v) is 19.8. The first-order chi connectivity index (χ1) is 39.3. The predicted molar refractivity (Wildman–Crippen MR) is 371 cm³/mol. The van der Waals surface area contributed by atoms with E-state index in [-0.39, 0.29) is 10.8 Å². The summed E-state index contributed by atoms with van der Waals surface area (Å²) >= 11 is 0. The largest absolute Gasteiger partial charge is 0.0885 e. The summed E-state index contributed by atoms with van der Waals surface area (Å²) in [5, 5.41) is 0. The van der Waals surface area contributed by atoms with Gasteiger partial charge in [-0.3, -0.25) is 0 Å². The standard InChI is InChI=1S/C80H154/c1-13-25-33-37-40-43-46-54-66-78(70-74(58-22-10)62-50-30-18-6)80(68-56-48-45-42-39-35-27-15-3,72-76(60-24-12)64-52-32-20-8)79(67-55-47-44-41-38-34-26-14-2,71-75(59-23-11)63-51-31-19-7)77(65-53-36-28-16-4)69-73(57-21-9)61-49-29-17-5/h43,46,48,55-56,65,67,73-76,78H,13-42,44-45,47,49-54,57-64,66,68-72H2,1-12H3. The quantitative estimate of drug-likeness (QED) is 0.0421. The van der Waals surface area contributed by atoms with E-state index in [0.29, 0.717) is 5.92 Å². The molecule has 80 heavy (non-hydrogen) atoms. The molecule has 0 heterocycles. The van der Waals surface area contributed by atoms with E-state index in [1.165, 1.54) is 340 Å². The van der Waals surface area contributed by atoms with Crippen LogP contribution in [0.5, 0.6) is 0 Å². The molecule has 0 bridgehead atoms. The first-order valence-electron chi connectivity index (χ1n) is 37.9. The van der Waals surface area contributed by atoms with Gasteiger partial charge in [0.2, 0.25) is 0 Å². The van der Waals surface area contributed by atoms with E-state index in [1.54, 1.807) is 0 Å². The molecule has 474 valence electrons. The van der Waals surface area contributed by atoms with Crippen molar-refractivity contribution >= 4 is 0 Å². The SMILES string of the molecule is CCCCCC=C(CC(CCC)CCCCC)C(C=CCCCCCCCC)(CC(CCC)CCCCC)C(CC=CCCCCCCC)(CC(CCC)CCCCC)C(CCC=CCCCCCC)CC(CCC)CCCCC. The average molecular weight is 1120 g/mol. The summed E-state index contributed by atoms with van der Waals surface area (Å²) < 4.78 is 0. The third kappa shape index (κ3) is 38.1. The maximum atomic E-state index is 3.18. The average Bonchev–Trinajstić information content (AvgIpc) is 3.55. The van der Waals surface area contributed by atoms with Gasteiger partial charge in [-0.2, -0.15) is 0 Å². The van der Waals surface area contributed by atoms with E-state index in [0.717, 1.165) is 23.7 Å². The fourth-order valence-electron chi connectivity index (χ4n) is 15.2. The summed E-state index contributed by atoms with van der Waals surface area (Å²) in [6.07, 6.45) is 92.8. The van der Waals surface area contributed by atoms with Crippen LogP contribution < -0.4 is 0 Å². The molecule has 0 rings (SSSR count). The molecule has 0 saturated carbocycles. The van der Waals surface area contributed by atoms with Gasteiger partial charge in [0.25, 0.3) is 0 Å². The molecule has 0 nitrogen and oxygen atoms in total. The zero-order chi connectivity index (χ0) is 58.9. The smallest absolute Gasteiger partial charge is 0.0156 e. The van der Waals surface area contributed by atoms with Crippen molar-refractivity contribution in [2.75, 3.05) is 0 Å². The Morgan fingerprint density at radius 3 is 1.16 bits per heavy atom. The zero-order valence-electron chi connectivity index (χ0n) is 57.9. The Balaban J connectivity index is 9.79. The van der Waals surface area contributed by atoms with Crippen molar-refractivity contribution in [2.45, 2.75) is 423 Å². The monoisotopic (exact) mass is 1120 g/mol. The van der Waals surface area contributed by atoms with Gasteiger partial charge in [0, 0.05) is 5.41 Å². The molecule has 7 atom stereocenters. The van der Waals surface area contributed by atoms with Gasteiger partial charge in [-0.25, -0.2) is 0 Å². The summed E-state index contributed by atoms with van der Waals surface area (Å²) in [5.74, 6) is 3.83. The molecule has 0 aliphatic carbocycles. The molecule has 0 aromatic heterocycles. The molecular formula is C80H154. The van der Waals surface area contributed by atoms with Crippen molar-refractivity contribution in [3.63, 3.8) is 0 Å². The molecular weight excluding hydrogens is 961 g/mol. The highest BCUT2D eigenvalue weighted by molar-refractivity contribution is 5.31. The van der Waals surface area contributed by atoms with Crippen molar-refractivity contribution < 1.29 is 0 Å². The summed E-state index contributed by atoms with van der Waals surface area (Å²) in [5.41, 5.74) is 2.15. The second kappa shape index (κ2) is 58.3. The highest BCUT2D eigenvalue weighted by Gasteiger charge is 2.56. The number of unbranched alkanes of at least 4 members (excludes halogenated alkanes) is 26. The Kier molecular flexibility index (Phi) is 57.6. The highest BCUT2D eigenvalue weighted by Crippen LogP contribution is 2.65. The van der Waals surface area contributed by atoms with E-state index in [1.807, 2.05) is 5.57 Å². The first kappa shape index (κ1) is 79.0. The van der Waals surface area contributed by atoms with Gasteiger partial charge in [-0.05, 0) is 131 Å². The molecule has 0 aromatic rings. The summed E-state index contributed by atoms with van der Waals surface area (Å²) in [4.78, 5) is 0. The van der Waals surface area contributed by atoms with E-state index in [2.05, 4.69) is 126 Å². The number of rotatable bonds is 63. The molecule has 0 saturated heterocycles. The molecule has 0 aliphatic rings. The van der Waals surface area contributed by atoms with Crippen molar-refractivity contribution in [3.8, 4) is 0 Å². The van der Waals surface area contributed by atoms with Gasteiger partial charge in [0.15, 0.2) is 0 Å². The van der Waals surface area contributed by atoms with Gasteiger partial charge in [0.1, 0.15) is 0 Å². The summed E-state index contributed by atoms with van der Waals surface area (Å²) in [7, 11) is 0. The Morgan fingerprint density at radius 1 is 0.287 bits per heavy atom. The lowest BCUT2D eigenvalue weighted by Crippen LogP contribution is -2.50. The number of hydrogen-bond acceptors (Lipinski definition) is 0. The van der Waals surface area contributed by atoms with Crippen molar-refractivity contribution in [2.24, 2.45) is 40.4 Å². The molecule has 0 spiro atoms.